The van der Waals surface area contributed by atoms with Gasteiger partial charge in [0.1, 0.15) is 0 Å². The van der Waals surface area contributed by atoms with Crippen LogP contribution in [0.5, 0.6) is 0 Å². The summed E-state index contributed by atoms with van der Waals surface area (Å²) in [7, 11) is -3.66. The first-order chi connectivity index (χ1) is 8.92. The standard InChI is InChI=1S/C11H17N3O4S/c1-2-14-6-10(12-7-14)19(17,18)13-9-4-3-8(5-9)11(15)16/h6-9,13H,2-5H2,1H3,(H,15,16). The number of aliphatic carboxylic acids is 1. The van der Waals surface area contributed by atoms with Crippen LogP contribution >= 0.6 is 0 Å². The molecule has 106 valence electrons. The van der Waals surface area contributed by atoms with Gasteiger partial charge in [-0.05, 0) is 26.2 Å². The van der Waals surface area contributed by atoms with E-state index in [2.05, 4.69) is 9.71 Å². The molecular formula is C11H17N3O4S. The Bertz CT molecular complexity index is 566. The summed E-state index contributed by atoms with van der Waals surface area (Å²) in [5.74, 6) is -1.32. The SMILES string of the molecule is CCn1cnc(S(=O)(=O)NC2CCC(C(=O)O)C2)c1. The Morgan fingerprint density at radius 3 is 2.84 bits per heavy atom. The average Bonchev–Trinajstić information content (AvgIpc) is 2.96. The molecule has 8 heteroatoms. The van der Waals surface area contributed by atoms with E-state index in [-0.39, 0.29) is 11.1 Å². The summed E-state index contributed by atoms with van der Waals surface area (Å²) in [6, 6.07) is -0.321. The molecule has 0 radical (unpaired) electrons. The average molecular weight is 287 g/mol. The van der Waals surface area contributed by atoms with Crippen molar-refractivity contribution >= 4 is 16.0 Å². The van der Waals surface area contributed by atoms with E-state index in [9.17, 15) is 13.2 Å². The highest BCUT2D eigenvalue weighted by Crippen LogP contribution is 2.26. The minimum Gasteiger partial charge on any atom is -0.481 e. The molecule has 0 bridgehead atoms. The van der Waals surface area contributed by atoms with E-state index in [1.165, 1.54) is 12.5 Å². The van der Waals surface area contributed by atoms with Crippen LogP contribution < -0.4 is 4.72 Å². The van der Waals surface area contributed by atoms with E-state index in [0.29, 0.717) is 25.8 Å². The second-order valence-electron chi connectivity index (χ2n) is 4.71. The molecule has 1 aromatic rings. The highest BCUT2D eigenvalue weighted by Gasteiger charge is 2.33. The van der Waals surface area contributed by atoms with Gasteiger partial charge < -0.3 is 9.67 Å². The van der Waals surface area contributed by atoms with Crippen molar-refractivity contribution in [1.29, 1.82) is 0 Å². The Morgan fingerprint density at radius 1 is 1.58 bits per heavy atom. The van der Waals surface area contributed by atoms with E-state index in [1.54, 1.807) is 4.57 Å². The van der Waals surface area contributed by atoms with Crippen LogP contribution in [0.3, 0.4) is 0 Å². The van der Waals surface area contributed by atoms with Crippen LogP contribution in [-0.4, -0.2) is 35.1 Å². The number of aryl methyl sites for hydroxylation is 1. The number of hydrogen-bond acceptors (Lipinski definition) is 4. The second kappa shape index (κ2) is 5.30. The first kappa shape index (κ1) is 14.0. The number of aromatic nitrogens is 2. The molecule has 1 fully saturated rings. The third-order valence-electron chi connectivity index (χ3n) is 3.35. The van der Waals surface area contributed by atoms with Gasteiger partial charge in [0.25, 0.3) is 10.0 Å². The molecule has 0 aliphatic heterocycles. The van der Waals surface area contributed by atoms with Crippen molar-refractivity contribution in [3.63, 3.8) is 0 Å². The lowest BCUT2D eigenvalue weighted by atomic mass is 10.1. The molecule has 2 unspecified atom stereocenters. The van der Waals surface area contributed by atoms with Crippen molar-refractivity contribution in [3.05, 3.63) is 12.5 Å². The van der Waals surface area contributed by atoms with E-state index in [0.717, 1.165) is 0 Å². The van der Waals surface area contributed by atoms with E-state index < -0.39 is 21.9 Å². The Kier molecular flexibility index (Phi) is 3.91. The normalized spacial score (nSPS) is 23.6. The Morgan fingerprint density at radius 2 is 2.32 bits per heavy atom. The molecule has 2 N–H and O–H groups in total. The zero-order valence-electron chi connectivity index (χ0n) is 10.6. The lowest BCUT2D eigenvalue weighted by Crippen LogP contribution is -2.33. The molecule has 7 nitrogen and oxygen atoms in total. The molecule has 2 atom stereocenters. The topological polar surface area (TPSA) is 101 Å². The fourth-order valence-corrected chi connectivity index (χ4v) is 3.48. The predicted molar refractivity (Wildman–Crippen MR) is 67.0 cm³/mol. The molecule has 0 aromatic carbocycles. The van der Waals surface area contributed by atoms with Crippen LogP contribution in [0.15, 0.2) is 17.6 Å². The lowest BCUT2D eigenvalue weighted by Gasteiger charge is -2.11. The molecule has 19 heavy (non-hydrogen) atoms. The summed E-state index contributed by atoms with van der Waals surface area (Å²) in [6.07, 6.45) is 4.31. The summed E-state index contributed by atoms with van der Waals surface area (Å²) < 4.78 is 28.3. The monoisotopic (exact) mass is 287 g/mol. The number of rotatable bonds is 5. The second-order valence-corrected chi connectivity index (χ2v) is 6.37. The smallest absolute Gasteiger partial charge is 0.306 e. The van der Waals surface area contributed by atoms with Crippen LogP contribution in [0.2, 0.25) is 0 Å². The maximum absolute atomic E-state index is 12.1. The van der Waals surface area contributed by atoms with Crippen molar-refractivity contribution in [1.82, 2.24) is 14.3 Å². The fourth-order valence-electron chi connectivity index (χ4n) is 2.24. The van der Waals surface area contributed by atoms with Gasteiger partial charge >= 0.3 is 5.97 Å². The minimum absolute atomic E-state index is 0.0203. The zero-order valence-corrected chi connectivity index (χ0v) is 11.4. The highest BCUT2D eigenvalue weighted by atomic mass is 32.2. The van der Waals surface area contributed by atoms with Crippen molar-refractivity contribution < 1.29 is 18.3 Å². The number of carboxylic acids is 1. The van der Waals surface area contributed by atoms with Gasteiger partial charge in [0, 0.05) is 18.8 Å². The van der Waals surface area contributed by atoms with Crippen LogP contribution in [-0.2, 0) is 21.4 Å². The summed E-state index contributed by atoms with van der Waals surface area (Å²) in [6.45, 7) is 2.53. The lowest BCUT2D eigenvalue weighted by molar-refractivity contribution is -0.141. The molecule has 1 aliphatic carbocycles. The van der Waals surface area contributed by atoms with Gasteiger partial charge in [-0.1, -0.05) is 0 Å². The van der Waals surface area contributed by atoms with Gasteiger partial charge in [-0.3, -0.25) is 4.79 Å². The molecule has 1 aromatic heterocycles. The van der Waals surface area contributed by atoms with Crippen LogP contribution in [0, 0.1) is 5.92 Å². The minimum atomic E-state index is -3.66. The van der Waals surface area contributed by atoms with Crippen molar-refractivity contribution in [2.75, 3.05) is 0 Å². The molecule has 1 saturated carbocycles. The summed E-state index contributed by atoms with van der Waals surface area (Å²) >= 11 is 0. The fraction of sp³-hybridized carbons (Fsp3) is 0.636. The van der Waals surface area contributed by atoms with Crippen molar-refractivity contribution in [3.8, 4) is 0 Å². The van der Waals surface area contributed by atoms with Gasteiger partial charge in [0.15, 0.2) is 5.03 Å². The van der Waals surface area contributed by atoms with E-state index >= 15 is 0 Å². The Balaban J connectivity index is 2.04. The van der Waals surface area contributed by atoms with Gasteiger partial charge in [0.05, 0.1) is 12.2 Å². The molecule has 0 saturated heterocycles. The summed E-state index contributed by atoms with van der Waals surface area (Å²) in [5, 5.41) is 8.87. The predicted octanol–water partition coefficient (Wildman–Crippen LogP) is 0.435. The molecule has 0 spiro atoms. The molecule has 1 aliphatic rings. The van der Waals surface area contributed by atoms with E-state index in [4.69, 9.17) is 5.11 Å². The van der Waals surface area contributed by atoms with Crippen LogP contribution in [0.1, 0.15) is 26.2 Å². The summed E-state index contributed by atoms with van der Waals surface area (Å²) in [5.41, 5.74) is 0. The van der Waals surface area contributed by atoms with Gasteiger partial charge in [-0.25, -0.2) is 18.1 Å². The number of carbonyl (C=O) groups is 1. The largest absolute Gasteiger partial charge is 0.481 e. The Hall–Kier alpha value is -1.41. The zero-order chi connectivity index (χ0) is 14.0. The maximum atomic E-state index is 12.1. The number of carboxylic acid groups (broad SMARTS) is 1. The highest BCUT2D eigenvalue weighted by molar-refractivity contribution is 7.89. The van der Waals surface area contributed by atoms with Crippen LogP contribution in [0.4, 0.5) is 0 Å². The number of hydrogen-bond donors (Lipinski definition) is 2. The third kappa shape index (κ3) is 3.13. The van der Waals surface area contributed by atoms with Crippen LogP contribution in [0.25, 0.3) is 0 Å². The molecule has 0 amide bonds. The quantitative estimate of drug-likeness (QED) is 0.818. The molecule has 2 rings (SSSR count). The number of imidazole rings is 1. The van der Waals surface area contributed by atoms with Gasteiger partial charge in [-0.2, -0.15) is 0 Å². The summed E-state index contributed by atoms with van der Waals surface area (Å²) in [4.78, 5) is 14.7. The van der Waals surface area contributed by atoms with E-state index in [1.807, 2.05) is 6.92 Å². The van der Waals surface area contributed by atoms with Crippen molar-refractivity contribution in [2.24, 2.45) is 5.92 Å². The number of nitrogens with one attached hydrogen (secondary N) is 1. The number of sulfonamides is 1. The van der Waals surface area contributed by atoms with Gasteiger partial charge in [-0.15, -0.1) is 0 Å². The number of nitrogens with zero attached hydrogens (tertiary/aromatic N) is 2. The Labute approximate surface area is 111 Å². The molecular weight excluding hydrogens is 270 g/mol. The van der Waals surface area contributed by atoms with Crippen molar-refractivity contribution in [2.45, 2.75) is 43.8 Å². The molecule has 1 heterocycles. The maximum Gasteiger partial charge on any atom is 0.306 e. The first-order valence-corrected chi connectivity index (χ1v) is 7.67. The first-order valence-electron chi connectivity index (χ1n) is 6.19. The third-order valence-corrected chi connectivity index (χ3v) is 4.76. The van der Waals surface area contributed by atoms with Gasteiger partial charge in [0.2, 0.25) is 0 Å².